The van der Waals surface area contributed by atoms with E-state index in [1.165, 1.54) is 62.3 Å². The molecule has 2 heterocycles. The molecule has 2 aliphatic rings. The van der Waals surface area contributed by atoms with Crippen LogP contribution in [0.4, 0.5) is 11.4 Å². The number of nitrogens with zero attached hydrogens (tertiary/aromatic N) is 3. The average molecular weight is 426 g/mol. The van der Waals surface area contributed by atoms with Crippen LogP contribution < -0.4 is 4.90 Å². The Labute approximate surface area is 193 Å². The van der Waals surface area contributed by atoms with Gasteiger partial charge in [0.15, 0.2) is 0 Å². The molecule has 0 aliphatic carbocycles. The molecule has 0 radical (unpaired) electrons. The molecule has 0 saturated carbocycles. The maximum absolute atomic E-state index is 2.78. The molecule has 3 heteroatoms. The predicted octanol–water partition coefficient (Wildman–Crippen LogP) is 5.95. The first kappa shape index (κ1) is 21.2. The normalized spacial score (nSPS) is 21.8. The summed E-state index contributed by atoms with van der Waals surface area (Å²) >= 11 is 0. The van der Waals surface area contributed by atoms with E-state index in [2.05, 4.69) is 106 Å². The number of hydrogen-bond donors (Lipinski definition) is 0. The van der Waals surface area contributed by atoms with Crippen molar-refractivity contribution in [3.05, 3.63) is 96.6 Å². The number of anilines is 2. The molecule has 5 rings (SSSR count). The lowest BCUT2D eigenvalue weighted by Gasteiger charge is -2.35. The highest BCUT2D eigenvalue weighted by molar-refractivity contribution is 5.63. The summed E-state index contributed by atoms with van der Waals surface area (Å²) < 4.78 is 0. The topological polar surface area (TPSA) is 9.72 Å². The van der Waals surface area contributed by atoms with Gasteiger partial charge in [-0.05, 0) is 68.6 Å². The Balaban J connectivity index is 1.28. The van der Waals surface area contributed by atoms with Crippen LogP contribution in [0.15, 0.2) is 91.0 Å². The summed E-state index contributed by atoms with van der Waals surface area (Å²) in [5, 5.41) is 0. The van der Waals surface area contributed by atoms with Crippen LogP contribution in [0, 0.1) is 0 Å². The molecule has 2 fully saturated rings. The van der Waals surface area contributed by atoms with E-state index in [1.54, 1.807) is 0 Å². The largest absolute Gasteiger partial charge is 0.340 e. The lowest BCUT2D eigenvalue weighted by atomic mass is 10.1. The fourth-order valence-electron chi connectivity index (χ4n) is 5.53. The van der Waals surface area contributed by atoms with E-state index in [0.29, 0.717) is 12.1 Å². The first-order valence-corrected chi connectivity index (χ1v) is 12.3. The fourth-order valence-corrected chi connectivity index (χ4v) is 5.53. The van der Waals surface area contributed by atoms with Gasteiger partial charge < -0.3 is 4.90 Å². The lowest BCUT2D eigenvalue weighted by molar-refractivity contribution is 0.159. The fraction of sp³-hybridized carbons (Fsp3) is 0.379. The zero-order valence-corrected chi connectivity index (χ0v) is 19.0. The molecule has 3 aromatic rings. The van der Waals surface area contributed by atoms with Gasteiger partial charge >= 0.3 is 0 Å². The van der Waals surface area contributed by atoms with Crippen molar-refractivity contribution in [1.29, 1.82) is 0 Å². The van der Waals surface area contributed by atoms with E-state index < -0.39 is 0 Å². The minimum Gasteiger partial charge on any atom is -0.340 e. The summed E-state index contributed by atoms with van der Waals surface area (Å²) in [4.78, 5) is 8.02. The molecule has 32 heavy (non-hydrogen) atoms. The zero-order valence-electron chi connectivity index (χ0n) is 19.0. The molecule has 3 nitrogen and oxygen atoms in total. The van der Waals surface area contributed by atoms with Crippen molar-refractivity contribution in [2.24, 2.45) is 0 Å². The van der Waals surface area contributed by atoms with Gasteiger partial charge in [0.05, 0.1) is 0 Å². The van der Waals surface area contributed by atoms with Crippen molar-refractivity contribution in [1.82, 2.24) is 9.80 Å². The van der Waals surface area contributed by atoms with Crippen molar-refractivity contribution in [3.63, 3.8) is 0 Å². The third-order valence-corrected chi connectivity index (χ3v) is 7.20. The molecule has 0 spiro atoms. The molecule has 2 unspecified atom stereocenters. The average Bonchev–Trinajstić information content (AvgIpc) is 3.49. The number of rotatable bonds is 8. The molecule has 2 atom stereocenters. The van der Waals surface area contributed by atoms with E-state index in [9.17, 15) is 0 Å². The van der Waals surface area contributed by atoms with E-state index in [-0.39, 0.29) is 0 Å². The van der Waals surface area contributed by atoms with Crippen LogP contribution in [0.5, 0.6) is 0 Å². The number of para-hydroxylation sites is 2. The molecule has 166 valence electrons. The second-order valence-electron chi connectivity index (χ2n) is 9.32. The highest BCUT2D eigenvalue weighted by atomic mass is 15.3. The van der Waals surface area contributed by atoms with E-state index in [4.69, 9.17) is 0 Å². The van der Waals surface area contributed by atoms with Gasteiger partial charge in [0.25, 0.3) is 0 Å². The van der Waals surface area contributed by atoms with Crippen LogP contribution in [0.25, 0.3) is 0 Å². The molecular formula is C29H35N3. The van der Waals surface area contributed by atoms with Gasteiger partial charge in [-0.15, -0.1) is 0 Å². The minimum absolute atomic E-state index is 0.606. The number of benzene rings is 3. The molecule has 2 aliphatic heterocycles. The quantitative estimate of drug-likeness (QED) is 0.441. The Kier molecular flexibility index (Phi) is 6.86. The third kappa shape index (κ3) is 5.06. The van der Waals surface area contributed by atoms with Crippen LogP contribution in [-0.4, -0.2) is 48.1 Å². The summed E-state index contributed by atoms with van der Waals surface area (Å²) in [6.45, 7) is 5.81. The Morgan fingerprint density at radius 1 is 0.625 bits per heavy atom. The minimum atomic E-state index is 0.606. The molecular weight excluding hydrogens is 390 g/mol. The smallest absolute Gasteiger partial charge is 0.0411 e. The standard InChI is InChI=1S/C29H35N3/c1-4-12-25(13-5-1)22-30-20-10-18-28(30)23-31-21-11-19-29(31)24-32(26-14-6-2-7-15-26)27-16-8-3-9-17-27/h1-9,12-17,28-29H,10-11,18-24H2. The van der Waals surface area contributed by atoms with Gasteiger partial charge in [-0.25, -0.2) is 0 Å². The molecule has 0 N–H and O–H groups in total. The van der Waals surface area contributed by atoms with E-state index in [1.807, 2.05) is 0 Å². The van der Waals surface area contributed by atoms with Crippen molar-refractivity contribution in [2.45, 2.75) is 44.3 Å². The summed E-state index contributed by atoms with van der Waals surface area (Å²) in [5.74, 6) is 0. The molecule has 0 aromatic heterocycles. The maximum Gasteiger partial charge on any atom is 0.0411 e. The van der Waals surface area contributed by atoms with Crippen LogP contribution in [0.3, 0.4) is 0 Å². The molecule has 3 aromatic carbocycles. The Hall–Kier alpha value is -2.62. The van der Waals surface area contributed by atoms with E-state index >= 15 is 0 Å². The Morgan fingerprint density at radius 2 is 1.16 bits per heavy atom. The van der Waals surface area contributed by atoms with Crippen LogP contribution >= 0.6 is 0 Å². The van der Waals surface area contributed by atoms with Crippen molar-refractivity contribution in [2.75, 3.05) is 31.1 Å². The molecule has 0 bridgehead atoms. The van der Waals surface area contributed by atoms with Crippen molar-refractivity contribution >= 4 is 11.4 Å². The number of likely N-dealkylation sites (tertiary alicyclic amines) is 2. The maximum atomic E-state index is 2.78. The van der Waals surface area contributed by atoms with Crippen LogP contribution in [-0.2, 0) is 6.54 Å². The van der Waals surface area contributed by atoms with Gasteiger partial charge in [-0.1, -0.05) is 66.7 Å². The molecule has 2 saturated heterocycles. The van der Waals surface area contributed by atoms with Gasteiger partial charge in [0.1, 0.15) is 0 Å². The summed E-state index contributed by atoms with van der Waals surface area (Å²) in [6, 6.07) is 34.1. The highest BCUT2D eigenvalue weighted by Crippen LogP contribution is 2.30. The summed E-state index contributed by atoms with van der Waals surface area (Å²) in [7, 11) is 0. The third-order valence-electron chi connectivity index (χ3n) is 7.20. The summed E-state index contributed by atoms with van der Waals surface area (Å²) in [5.41, 5.74) is 4.02. The molecule has 0 amide bonds. The van der Waals surface area contributed by atoms with Crippen LogP contribution in [0.1, 0.15) is 31.2 Å². The van der Waals surface area contributed by atoms with Gasteiger partial charge in [0, 0.05) is 43.1 Å². The Morgan fingerprint density at radius 3 is 1.78 bits per heavy atom. The van der Waals surface area contributed by atoms with Crippen molar-refractivity contribution in [3.8, 4) is 0 Å². The lowest BCUT2D eigenvalue weighted by Crippen LogP contribution is -2.45. The Bertz CT molecular complexity index is 904. The van der Waals surface area contributed by atoms with Crippen LogP contribution in [0.2, 0.25) is 0 Å². The first-order valence-electron chi connectivity index (χ1n) is 12.3. The summed E-state index contributed by atoms with van der Waals surface area (Å²) in [6.07, 6.45) is 5.27. The van der Waals surface area contributed by atoms with E-state index in [0.717, 1.165) is 13.1 Å². The van der Waals surface area contributed by atoms with Gasteiger partial charge in [0.2, 0.25) is 0 Å². The SMILES string of the molecule is c1ccc(CN2CCCC2CN2CCCC2CN(c2ccccc2)c2ccccc2)cc1. The first-order chi connectivity index (χ1) is 15.9. The number of hydrogen-bond acceptors (Lipinski definition) is 3. The highest BCUT2D eigenvalue weighted by Gasteiger charge is 2.32. The second-order valence-corrected chi connectivity index (χ2v) is 9.32. The monoisotopic (exact) mass is 425 g/mol. The van der Waals surface area contributed by atoms with Gasteiger partial charge in [-0.3, -0.25) is 9.80 Å². The second kappa shape index (κ2) is 10.3. The van der Waals surface area contributed by atoms with Gasteiger partial charge in [-0.2, -0.15) is 0 Å². The van der Waals surface area contributed by atoms with Crippen molar-refractivity contribution < 1.29 is 0 Å². The zero-order chi connectivity index (χ0) is 21.6. The predicted molar refractivity (Wildman–Crippen MR) is 134 cm³/mol.